The zero-order chi connectivity index (χ0) is 17.5. The molecule has 2 amide bonds. The van der Waals surface area contributed by atoms with Crippen LogP contribution >= 0.6 is 0 Å². The van der Waals surface area contributed by atoms with Crippen LogP contribution in [0.3, 0.4) is 0 Å². The van der Waals surface area contributed by atoms with Crippen LogP contribution in [0.4, 0.5) is 5.69 Å². The predicted molar refractivity (Wildman–Crippen MR) is 96.2 cm³/mol. The van der Waals surface area contributed by atoms with Crippen LogP contribution < -0.4 is 10.6 Å². The van der Waals surface area contributed by atoms with Gasteiger partial charge in [0.05, 0.1) is 11.3 Å². The van der Waals surface area contributed by atoms with Crippen LogP contribution in [-0.2, 0) is 6.54 Å². The number of hydrogen-bond acceptors (Lipinski definition) is 3. The van der Waals surface area contributed by atoms with Gasteiger partial charge in [0.15, 0.2) is 0 Å². The average Bonchev–Trinajstić information content (AvgIpc) is 2.68. The Morgan fingerprint density at radius 2 is 1.60 bits per heavy atom. The highest BCUT2D eigenvalue weighted by molar-refractivity contribution is 6.08. The van der Waals surface area contributed by atoms with Gasteiger partial charge in [-0.2, -0.15) is 0 Å². The number of amides is 2. The van der Waals surface area contributed by atoms with Gasteiger partial charge >= 0.3 is 0 Å². The number of carbonyl (C=O) groups excluding carboxylic acids is 2. The Bertz CT molecular complexity index is 864. The predicted octanol–water partition coefficient (Wildman–Crippen LogP) is 3.26. The molecule has 0 saturated carbocycles. The third-order valence-electron chi connectivity index (χ3n) is 3.63. The number of aromatic nitrogens is 1. The Labute approximate surface area is 145 Å². The van der Waals surface area contributed by atoms with Crippen molar-refractivity contribution in [3.05, 3.63) is 95.8 Å². The van der Waals surface area contributed by atoms with E-state index in [1.807, 2.05) is 18.2 Å². The summed E-state index contributed by atoms with van der Waals surface area (Å²) in [4.78, 5) is 28.8. The highest BCUT2D eigenvalue weighted by atomic mass is 16.2. The molecule has 2 aromatic carbocycles. The summed E-state index contributed by atoms with van der Waals surface area (Å²) in [6, 6.07) is 19.5. The topological polar surface area (TPSA) is 71.1 Å². The maximum absolute atomic E-state index is 12.5. The van der Waals surface area contributed by atoms with E-state index >= 15 is 0 Å². The van der Waals surface area contributed by atoms with Gasteiger partial charge in [-0.25, -0.2) is 0 Å². The largest absolute Gasteiger partial charge is 0.348 e. The minimum absolute atomic E-state index is 0.256. The smallest absolute Gasteiger partial charge is 0.255 e. The van der Waals surface area contributed by atoms with Crippen molar-refractivity contribution in [3.63, 3.8) is 0 Å². The second kappa shape index (κ2) is 7.88. The van der Waals surface area contributed by atoms with Crippen molar-refractivity contribution >= 4 is 17.5 Å². The molecule has 2 N–H and O–H groups in total. The molecule has 0 fully saturated rings. The van der Waals surface area contributed by atoms with Crippen molar-refractivity contribution < 1.29 is 9.59 Å². The molecular formula is C20H17N3O2. The lowest BCUT2D eigenvalue weighted by molar-refractivity contribution is 0.0951. The molecule has 0 atom stereocenters. The quantitative estimate of drug-likeness (QED) is 0.754. The van der Waals surface area contributed by atoms with E-state index in [9.17, 15) is 9.59 Å². The monoisotopic (exact) mass is 331 g/mol. The molecule has 5 heteroatoms. The molecule has 124 valence electrons. The second-order valence-corrected chi connectivity index (χ2v) is 5.41. The van der Waals surface area contributed by atoms with Crippen LogP contribution in [0.25, 0.3) is 0 Å². The molecular weight excluding hydrogens is 314 g/mol. The van der Waals surface area contributed by atoms with Crippen molar-refractivity contribution in [2.75, 3.05) is 5.32 Å². The summed E-state index contributed by atoms with van der Waals surface area (Å²) >= 11 is 0. The van der Waals surface area contributed by atoms with Gasteiger partial charge in [0.2, 0.25) is 0 Å². The Balaban J connectivity index is 1.72. The van der Waals surface area contributed by atoms with Crippen LogP contribution in [0.2, 0.25) is 0 Å². The molecule has 0 aliphatic heterocycles. The van der Waals surface area contributed by atoms with Crippen LogP contribution in [0.15, 0.2) is 79.1 Å². The van der Waals surface area contributed by atoms with E-state index in [1.165, 1.54) is 0 Å². The normalized spacial score (nSPS) is 10.1. The number of rotatable bonds is 5. The number of para-hydroxylation sites is 1. The van der Waals surface area contributed by atoms with Gasteiger partial charge in [-0.3, -0.25) is 14.6 Å². The number of nitrogens with zero attached hydrogens (tertiary/aromatic N) is 1. The van der Waals surface area contributed by atoms with Crippen molar-refractivity contribution in [1.29, 1.82) is 0 Å². The summed E-state index contributed by atoms with van der Waals surface area (Å²) in [6.45, 7) is 0.369. The Hall–Kier alpha value is -3.47. The van der Waals surface area contributed by atoms with E-state index in [-0.39, 0.29) is 11.8 Å². The van der Waals surface area contributed by atoms with Gasteiger partial charge in [0.1, 0.15) is 0 Å². The van der Waals surface area contributed by atoms with Crippen LogP contribution in [0.1, 0.15) is 26.3 Å². The number of carbonyl (C=O) groups is 2. The fourth-order valence-corrected chi connectivity index (χ4v) is 2.35. The van der Waals surface area contributed by atoms with Gasteiger partial charge in [0, 0.05) is 24.5 Å². The van der Waals surface area contributed by atoms with E-state index in [1.54, 1.807) is 60.9 Å². The molecule has 0 aliphatic carbocycles. The number of pyridine rings is 1. The van der Waals surface area contributed by atoms with Gasteiger partial charge in [-0.15, -0.1) is 0 Å². The SMILES string of the molecule is O=C(Nc1ccccc1C(=O)NCc1cccnc1)c1ccccc1. The molecule has 0 saturated heterocycles. The molecule has 0 radical (unpaired) electrons. The van der Waals surface area contributed by atoms with E-state index in [4.69, 9.17) is 0 Å². The zero-order valence-corrected chi connectivity index (χ0v) is 13.5. The lowest BCUT2D eigenvalue weighted by atomic mass is 10.1. The molecule has 0 unspecified atom stereocenters. The van der Waals surface area contributed by atoms with E-state index in [2.05, 4.69) is 15.6 Å². The molecule has 3 rings (SSSR count). The number of anilines is 1. The third kappa shape index (κ3) is 4.29. The first-order chi connectivity index (χ1) is 12.2. The average molecular weight is 331 g/mol. The summed E-state index contributed by atoms with van der Waals surface area (Å²) in [5, 5.41) is 5.63. The number of nitrogens with one attached hydrogen (secondary N) is 2. The van der Waals surface area contributed by atoms with Gasteiger partial charge in [-0.1, -0.05) is 36.4 Å². The maximum Gasteiger partial charge on any atom is 0.255 e. The van der Waals surface area contributed by atoms with Gasteiger partial charge in [0.25, 0.3) is 11.8 Å². The standard InChI is InChI=1S/C20H17N3O2/c24-19(16-8-2-1-3-9-16)23-18-11-5-4-10-17(18)20(25)22-14-15-7-6-12-21-13-15/h1-13H,14H2,(H,22,25)(H,23,24). The highest BCUT2D eigenvalue weighted by Gasteiger charge is 2.13. The number of benzene rings is 2. The fraction of sp³-hybridized carbons (Fsp3) is 0.0500. The van der Waals surface area contributed by atoms with Gasteiger partial charge < -0.3 is 10.6 Å². The first-order valence-corrected chi connectivity index (χ1v) is 7.86. The summed E-state index contributed by atoms with van der Waals surface area (Å²) in [7, 11) is 0. The molecule has 1 heterocycles. The fourth-order valence-electron chi connectivity index (χ4n) is 2.35. The molecule has 0 aliphatic rings. The Morgan fingerprint density at radius 3 is 2.36 bits per heavy atom. The molecule has 0 bridgehead atoms. The van der Waals surface area contributed by atoms with Crippen LogP contribution in [0.5, 0.6) is 0 Å². The molecule has 5 nitrogen and oxygen atoms in total. The Morgan fingerprint density at radius 1 is 0.840 bits per heavy atom. The van der Waals surface area contributed by atoms with Gasteiger partial charge in [-0.05, 0) is 35.9 Å². The lowest BCUT2D eigenvalue weighted by Crippen LogP contribution is -2.25. The summed E-state index contributed by atoms with van der Waals surface area (Å²) < 4.78 is 0. The lowest BCUT2D eigenvalue weighted by Gasteiger charge is -2.11. The molecule has 3 aromatic rings. The van der Waals surface area contributed by atoms with E-state index < -0.39 is 0 Å². The summed E-state index contributed by atoms with van der Waals surface area (Å²) in [5.41, 5.74) is 2.32. The van der Waals surface area contributed by atoms with Crippen LogP contribution in [0, 0.1) is 0 Å². The Kier molecular flexibility index (Phi) is 5.16. The highest BCUT2D eigenvalue weighted by Crippen LogP contribution is 2.16. The van der Waals surface area contributed by atoms with E-state index in [0.717, 1.165) is 5.56 Å². The first kappa shape index (κ1) is 16.4. The number of hydrogen-bond donors (Lipinski definition) is 2. The first-order valence-electron chi connectivity index (χ1n) is 7.86. The third-order valence-corrected chi connectivity index (χ3v) is 3.63. The van der Waals surface area contributed by atoms with E-state index in [0.29, 0.717) is 23.4 Å². The zero-order valence-electron chi connectivity index (χ0n) is 13.5. The van der Waals surface area contributed by atoms with Crippen molar-refractivity contribution in [1.82, 2.24) is 10.3 Å². The van der Waals surface area contributed by atoms with Crippen molar-refractivity contribution in [2.45, 2.75) is 6.54 Å². The summed E-state index contributed by atoms with van der Waals surface area (Å²) in [6.07, 6.45) is 3.38. The maximum atomic E-state index is 12.5. The molecule has 25 heavy (non-hydrogen) atoms. The van der Waals surface area contributed by atoms with Crippen molar-refractivity contribution in [2.24, 2.45) is 0 Å². The molecule has 0 spiro atoms. The minimum Gasteiger partial charge on any atom is -0.348 e. The second-order valence-electron chi connectivity index (χ2n) is 5.41. The summed E-state index contributed by atoms with van der Waals surface area (Å²) in [5.74, 6) is -0.513. The van der Waals surface area contributed by atoms with Crippen LogP contribution in [-0.4, -0.2) is 16.8 Å². The minimum atomic E-state index is -0.257. The van der Waals surface area contributed by atoms with Crippen molar-refractivity contribution in [3.8, 4) is 0 Å². The molecule has 1 aromatic heterocycles.